The fourth-order valence-corrected chi connectivity index (χ4v) is 3.44. The first-order valence-electron chi connectivity index (χ1n) is 7.70. The minimum atomic E-state index is -0.0921. The van der Waals surface area contributed by atoms with Crippen LogP contribution in [0.2, 0.25) is 0 Å². The van der Waals surface area contributed by atoms with E-state index in [1.165, 1.54) is 36.6 Å². The number of hydrogen-bond donors (Lipinski definition) is 0. The second-order valence-corrected chi connectivity index (χ2v) is 6.31. The van der Waals surface area contributed by atoms with Crippen molar-refractivity contribution in [3.05, 3.63) is 34.9 Å². The van der Waals surface area contributed by atoms with E-state index in [1.54, 1.807) is 0 Å². The number of carbonyl (C=O) groups excluding carboxylic acids is 1. The Bertz CT molecular complexity index is 478. The zero-order chi connectivity index (χ0) is 14.7. The Morgan fingerprint density at radius 3 is 2.80 bits per heavy atom. The van der Waals surface area contributed by atoms with Crippen molar-refractivity contribution in [2.75, 3.05) is 7.11 Å². The number of aryl methyl sites for hydroxylation is 1. The molecule has 0 saturated carbocycles. The van der Waals surface area contributed by atoms with Crippen molar-refractivity contribution in [2.24, 2.45) is 5.92 Å². The van der Waals surface area contributed by atoms with E-state index in [0.717, 1.165) is 6.42 Å². The summed E-state index contributed by atoms with van der Waals surface area (Å²) in [5.74, 6) is 1.69. The van der Waals surface area contributed by atoms with Gasteiger partial charge in [-0.25, -0.2) is 0 Å². The van der Waals surface area contributed by atoms with E-state index in [-0.39, 0.29) is 5.97 Å². The summed E-state index contributed by atoms with van der Waals surface area (Å²) in [5.41, 5.74) is 4.36. The molecule has 0 aromatic heterocycles. The predicted octanol–water partition coefficient (Wildman–Crippen LogP) is 4.57. The van der Waals surface area contributed by atoms with Gasteiger partial charge in [-0.2, -0.15) is 0 Å². The lowest BCUT2D eigenvalue weighted by atomic mass is 9.71. The van der Waals surface area contributed by atoms with Crippen LogP contribution in [0, 0.1) is 12.8 Å². The first kappa shape index (κ1) is 15.1. The zero-order valence-electron chi connectivity index (χ0n) is 13.1. The minimum Gasteiger partial charge on any atom is -0.469 e. The fraction of sp³-hybridized carbons (Fsp3) is 0.611. The molecule has 0 heterocycles. The zero-order valence-corrected chi connectivity index (χ0v) is 13.1. The molecule has 110 valence electrons. The summed E-state index contributed by atoms with van der Waals surface area (Å²) >= 11 is 0. The SMILES string of the molecule is COC(=O)CC[C@@H](C)[C@@H]1CC[C@@H](C)c2ccc(C)cc21. The lowest BCUT2D eigenvalue weighted by Crippen LogP contribution is -2.19. The van der Waals surface area contributed by atoms with Crippen LogP contribution in [-0.2, 0) is 9.53 Å². The standard InChI is InChI=1S/C18H26O2/c1-12-5-8-15-13(2)6-9-16(17(15)11-12)14(3)7-10-18(19)20-4/h5,8,11,13-14,16H,6-7,9-10H2,1-4H3/t13-,14-,16+/m1/s1. The molecule has 2 heteroatoms. The van der Waals surface area contributed by atoms with Crippen LogP contribution in [-0.4, -0.2) is 13.1 Å². The van der Waals surface area contributed by atoms with Gasteiger partial charge in [0, 0.05) is 6.42 Å². The molecule has 1 aliphatic carbocycles. The molecule has 2 nitrogen and oxygen atoms in total. The molecule has 0 amide bonds. The minimum absolute atomic E-state index is 0.0921. The molecule has 1 aliphatic rings. The van der Waals surface area contributed by atoms with Gasteiger partial charge in [-0.1, -0.05) is 37.6 Å². The molecule has 0 unspecified atom stereocenters. The van der Waals surface area contributed by atoms with Crippen LogP contribution in [0.4, 0.5) is 0 Å². The molecule has 20 heavy (non-hydrogen) atoms. The molecule has 1 aromatic rings. The van der Waals surface area contributed by atoms with Crippen molar-refractivity contribution in [2.45, 2.75) is 58.3 Å². The number of esters is 1. The Kier molecular flexibility index (Phi) is 4.85. The van der Waals surface area contributed by atoms with Gasteiger partial charge in [0.2, 0.25) is 0 Å². The highest BCUT2D eigenvalue weighted by molar-refractivity contribution is 5.69. The van der Waals surface area contributed by atoms with E-state index in [1.807, 2.05) is 0 Å². The van der Waals surface area contributed by atoms with Crippen LogP contribution in [0.3, 0.4) is 0 Å². The normalized spacial score (nSPS) is 23.0. The smallest absolute Gasteiger partial charge is 0.305 e. The summed E-state index contributed by atoms with van der Waals surface area (Å²) in [5, 5.41) is 0. The topological polar surface area (TPSA) is 26.3 Å². The van der Waals surface area contributed by atoms with Crippen LogP contribution in [0.25, 0.3) is 0 Å². The van der Waals surface area contributed by atoms with Gasteiger partial charge in [-0.05, 0) is 55.1 Å². The summed E-state index contributed by atoms with van der Waals surface area (Å²) in [4.78, 5) is 11.3. The monoisotopic (exact) mass is 274 g/mol. The number of rotatable bonds is 4. The number of carbonyl (C=O) groups is 1. The summed E-state index contributed by atoms with van der Waals surface area (Å²) < 4.78 is 4.75. The molecule has 0 spiro atoms. The molecule has 3 atom stereocenters. The van der Waals surface area contributed by atoms with Gasteiger partial charge in [0.05, 0.1) is 7.11 Å². The lowest BCUT2D eigenvalue weighted by molar-refractivity contribution is -0.140. The van der Waals surface area contributed by atoms with Gasteiger partial charge in [-0.15, -0.1) is 0 Å². The third kappa shape index (κ3) is 3.23. The molecular weight excluding hydrogens is 248 g/mol. The van der Waals surface area contributed by atoms with Crippen LogP contribution in [0.5, 0.6) is 0 Å². The molecule has 0 bridgehead atoms. The van der Waals surface area contributed by atoms with Gasteiger partial charge in [0.1, 0.15) is 0 Å². The first-order valence-corrected chi connectivity index (χ1v) is 7.70. The average molecular weight is 274 g/mol. The van der Waals surface area contributed by atoms with E-state index in [0.29, 0.717) is 24.2 Å². The Balaban J connectivity index is 2.15. The highest BCUT2D eigenvalue weighted by Crippen LogP contribution is 2.43. The Morgan fingerprint density at radius 1 is 1.35 bits per heavy atom. The van der Waals surface area contributed by atoms with Gasteiger partial charge >= 0.3 is 5.97 Å². The Morgan fingerprint density at radius 2 is 2.10 bits per heavy atom. The highest BCUT2D eigenvalue weighted by atomic mass is 16.5. The fourth-order valence-electron chi connectivity index (χ4n) is 3.44. The summed E-state index contributed by atoms with van der Waals surface area (Å²) in [7, 11) is 1.47. The predicted molar refractivity (Wildman–Crippen MR) is 82.0 cm³/mol. The van der Waals surface area contributed by atoms with Gasteiger partial charge in [-0.3, -0.25) is 4.79 Å². The quantitative estimate of drug-likeness (QED) is 0.752. The summed E-state index contributed by atoms with van der Waals surface area (Å²) in [6.45, 7) is 6.76. The summed E-state index contributed by atoms with van der Waals surface area (Å²) in [6.07, 6.45) is 3.94. The Hall–Kier alpha value is -1.31. The van der Waals surface area contributed by atoms with E-state index in [9.17, 15) is 4.79 Å². The first-order chi connectivity index (χ1) is 9.52. The number of hydrogen-bond acceptors (Lipinski definition) is 2. The van der Waals surface area contributed by atoms with Crippen molar-refractivity contribution >= 4 is 5.97 Å². The van der Waals surface area contributed by atoms with E-state index < -0.39 is 0 Å². The maximum atomic E-state index is 11.3. The molecular formula is C18H26O2. The van der Waals surface area contributed by atoms with Gasteiger partial charge < -0.3 is 4.74 Å². The van der Waals surface area contributed by atoms with Crippen LogP contribution in [0.15, 0.2) is 18.2 Å². The summed E-state index contributed by atoms with van der Waals surface area (Å²) in [6, 6.07) is 6.87. The van der Waals surface area contributed by atoms with Crippen LogP contribution < -0.4 is 0 Å². The lowest BCUT2D eigenvalue weighted by Gasteiger charge is -2.34. The van der Waals surface area contributed by atoms with Crippen LogP contribution >= 0.6 is 0 Å². The molecule has 1 aromatic carbocycles. The third-order valence-corrected chi connectivity index (χ3v) is 4.80. The van der Waals surface area contributed by atoms with Crippen molar-refractivity contribution in [3.8, 4) is 0 Å². The average Bonchev–Trinajstić information content (AvgIpc) is 2.44. The molecule has 0 radical (unpaired) electrons. The Labute approximate surface area is 122 Å². The van der Waals surface area contributed by atoms with E-state index >= 15 is 0 Å². The number of benzene rings is 1. The molecule has 2 rings (SSSR count). The largest absolute Gasteiger partial charge is 0.469 e. The van der Waals surface area contributed by atoms with Gasteiger partial charge in [0.25, 0.3) is 0 Å². The second-order valence-electron chi connectivity index (χ2n) is 6.31. The second kappa shape index (κ2) is 6.43. The molecule has 0 saturated heterocycles. The maximum Gasteiger partial charge on any atom is 0.305 e. The van der Waals surface area contributed by atoms with Crippen molar-refractivity contribution in [1.82, 2.24) is 0 Å². The number of ether oxygens (including phenoxy) is 1. The van der Waals surface area contributed by atoms with E-state index in [2.05, 4.69) is 39.0 Å². The number of fused-ring (bicyclic) bond motifs is 1. The van der Waals surface area contributed by atoms with Crippen LogP contribution in [0.1, 0.15) is 68.1 Å². The third-order valence-electron chi connectivity index (χ3n) is 4.80. The molecule has 0 N–H and O–H groups in total. The van der Waals surface area contributed by atoms with Crippen molar-refractivity contribution in [3.63, 3.8) is 0 Å². The van der Waals surface area contributed by atoms with E-state index in [4.69, 9.17) is 4.74 Å². The number of methoxy groups -OCH3 is 1. The molecule has 0 aliphatic heterocycles. The van der Waals surface area contributed by atoms with Crippen molar-refractivity contribution in [1.29, 1.82) is 0 Å². The van der Waals surface area contributed by atoms with Crippen molar-refractivity contribution < 1.29 is 9.53 Å². The van der Waals surface area contributed by atoms with Gasteiger partial charge in [0.15, 0.2) is 0 Å². The maximum absolute atomic E-state index is 11.3. The molecule has 0 fully saturated rings. The highest BCUT2D eigenvalue weighted by Gasteiger charge is 2.28.